The Bertz CT molecular complexity index is 2670. The van der Waals surface area contributed by atoms with Crippen LogP contribution in [0.25, 0.3) is 77.4 Å². The number of aromatic nitrogens is 4. The smallest absolute Gasteiger partial charge is 0.0746 e. The van der Waals surface area contributed by atoms with E-state index in [9.17, 15) is 0 Å². The summed E-state index contributed by atoms with van der Waals surface area (Å²) >= 11 is 0. The predicted molar refractivity (Wildman–Crippen MR) is 194 cm³/mol. The fourth-order valence-electron chi connectivity index (χ4n) is 8.02. The summed E-state index contributed by atoms with van der Waals surface area (Å²) in [6.45, 7) is 4.60. The van der Waals surface area contributed by atoms with Crippen LogP contribution in [0.4, 0.5) is 0 Å². The standard InChI is InChI=1S/C43H30N4/c1-43(2)36-19-18-29(24-35(36)42-37(43)13-9-21-45-42)46-40-16-8-5-12-33(40)34-23-27(17-20-41(34)46)28-22-30(26-44-25-28)47-38-14-6-3-10-31(38)32-11-4-7-15-39(32)47/h3-26H,1-2H3. The molecule has 0 fully saturated rings. The van der Waals surface area contributed by atoms with E-state index in [2.05, 4.69) is 144 Å². The minimum atomic E-state index is -0.0744. The maximum atomic E-state index is 4.83. The summed E-state index contributed by atoms with van der Waals surface area (Å²) in [5.74, 6) is 0. The zero-order valence-corrected chi connectivity index (χ0v) is 26.1. The number of fused-ring (bicyclic) bond motifs is 9. The third kappa shape index (κ3) is 3.64. The van der Waals surface area contributed by atoms with E-state index in [0.29, 0.717) is 0 Å². The average Bonchev–Trinajstić information content (AvgIpc) is 3.71. The zero-order valence-electron chi connectivity index (χ0n) is 26.1. The van der Waals surface area contributed by atoms with Crippen molar-refractivity contribution in [1.29, 1.82) is 0 Å². The van der Waals surface area contributed by atoms with Gasteiger partial charge >= 0.3 is 0 Å². The van der Waals surface area contributed by atoms with Crippen LogP contribution in [0.1, 0.15) is 25.0 Å². The van der Waals surface area contributed by atoms with Gasteiger partial charge in [-0.05, 0) is 71.3 Å². The number of rotatable bonds is 3. The molecule has 1 aliphatic rings. The molecule has 4 heteroatoms. The molecule has 0 unspecified atom stereocenters. The van der Waals surface area contributed by atoms with Crippen molar-refractivity contribution in [2.75, 3.05) is 0 Å². The van der Waals surface area contributed by atoms with E-state index >= 15 is 0 Å². The van der Waals surface area contributed by atoms with Gasteiger partial charge in [0.1, 0.15) is 0 Å². The Kier molecular flexibility index (Phi) is 5.31. The van der Waals surface area contributed by atoms with Gasteiger partial charge in [0.15, 0.2) is 0 Å². The van der Waals surface area contributed by atoms with Crippen molar-refractivity contribution in [2.24, 2.45) is 0 Å². The van der Waals surface area contributed by atoms with E-state index in [0.717, 1.165) is 28.2 Å². The third-order valence-corrected chi connectivity index (χ3v) is 10.2. The second-order valence-corrected chi connectivity index (χ2v) is 13.1. The molecule has 5 aromatic carbocycles. The topological polar surface area (TPSA) is 35.6 Å². The quantitative estimate of drug-likeness (QED) is 0.202. The summed E-state index contributed by atoms with van der Waals surface area (Å²) in [5.41, 5.74) is 14.0. The number of para-hydroxylation sites is 3. The lowest BCUT2D eigenvalue weighted by atomic mass is 9.83. The molecule has 0 saturated carbocycles. The molecule has 0 spiro atoms. The Labute approximate surface area is 272 Å². The first-order valence-corrected chi connectivity index (χ1v) is 16.2. The predicted octanol–water partition coefficient (Wildman–Crippen LogP) is 10.6. The molecule has 1 aliphatic carbocycles. The SMILES string of the molecule is CC1(C)c2ccc(-n3c4ccccc4c4cc(-c5cncc(-n6c7ccccc7c7ccccc76)c5)ccc43)cc2-c2ncccc21. The van der Waals surface area contributed by atoms with Gasteiger partial charge in [-0.25, -0.2) is 0 Å². The van der Waals surface area contributed by atoms with Crippen molar-refractivity contribution >= 4 is 43.6 Å². The van der Waals surface area contributed by atoms with Gasteiger partial charge in [-0.2, -0.15) is 0 Å². The molecule has 0 radical (unpaired) electrons. The molecule has 0 aliphatic heterocycles. The summed E-state index contributed by atoms with van der Waals surface area (Å²) < 4.78 is 4.73. The summed E-state index contributed by atoms with van der Waals surface area (Å²) in [6, 6.07) is 46.2. The lowest BCUT2D eigenvalue weighted by Crippen LogP contribution is -2.15. The maximum Gasteiger partial charge on any atom is 0.0746 e. The van der Waals surface area contributed by atoms with Gasteiger partial charge < -0.3 is 9.13 Å². The molecule has 10 rings (SSSR count). The Balaban J connectivity index is 1.15. The number of pyridine rings is 2. The van der Waals surface area contributed by atoms with Crippen molar-refractivity contribution < 1.29 is 0 Å². The molecule has 4 aromatic heterocycles. The van der Waals surface area contributed by atoms with Crippen LogP contribution < -0.4 is 0 Å². The molecule has 4 nitrogen and oxygen atoms in total. The van der Waals surface area contributed by atoms with Crippen LogP contribution in [0.15, 0.2) is 146 Å². The minimum Gasteiger partial charge on any atom is -0.309 e. The Hall–Kier alpha value is -6.00. The van der Waals surface area contributed by atoms with Gasteiger partial charge in [0, 0.05) is 56.2 Å². The Morgan fingerprint density at radius 3 is 1.85 bits per heavy atom. The van der Waals surface area contributed by atoms with E-state index in [4.69, 9.17) is 9.97 Å². The Morgan fingerprint density at radius 1 is 0.489 bits per heavy atom. The van der Waals surface area contributed by atoms with E-state index < -0.39 is 0 Å². The van der Waals surface area contributed by atoms with Gasteiger partial charge in [-0.3, -0.25) is 9.97 Å². The molecule has 0 atom stereocenters. The second-order valence-electron chi connectivity index (χ2n) is 13.1. The largest absolute Gasteiger partial charge is 0.309 e. The fourth-order valence-corrected chi connectivity index (χ4v) is 8.02. The molecule has 0 amide bonds. The van der Waals surface area contributed by atoms with Crippen LogP contribution in [0, 0.1) is 0 Å². The summed E-state index contributed by atoms with van der Waals surface area (Å²) in [7, 11) is 0. The molecule has 4 heterocycles. The lowest BCUT2D eigenvalue weighted by molar-refractivity contribution is 0.659. The highest BCUT2D eigenvalue weighted by Gasteiger charge is 2.36. The van der Waals surface area contributed by atoms with Crippen molar-refractivity contribution in [3.05, 3.63) is 157 Å². The van der Waals surface area contributed by atoms with Crippen LogP contribution in [0.2, 0.25) is 0 Å². The van der Waals surface area contributed by atoms with Gasteiger partial charge in [-0.15, -0.1) is 0 Å². The zero-order chi connectivity index (χ0) is 31.3. The molecule has 47 heavy (non-hydrogen) atoms. The fraction of sp³-hybridized carbons (Fsp3) is 0.0698. The van der Waals surface area contributed by atoms with E-state index in [1.807, 2.05) is 24.7 Å². The number of hydrogen-bond donors (Lipinski definition) is 0. The molecule has 0 bridgehead atoms. The number of hydrogen-bond acceptors (Lipinski definition) is 2. The second kappa shape index (κ2) is 9.51. The van der Waals surface area contributed by atoms with Crippen molar-refractivity contribution in [2.45, 2.75) is 19.3 Å². The maximum absolute atomic E-state index is 4.83. The van der Waals surface area contributed by atoms with E-state index in [1.165, 1.54) is 60.3 Å². The highest BCUT2D eigenvalue weighted by Crippen LogP contribution is 2.48. The highest BCUT2D eigenvalue weighted by molar-refractivity contribution is 6.11. The minimum absolute atomic E-state index is 0.0744. The van der Waals surface area contributed by atoms with Gasteiger partial charge in [0.25, 0.3) is 0 Å². The van der Waals surface area contributed by atoms with Gasteiger partial charge in [-0.1, -0.05) is 86.6 Å². The van der Waals surface area contributed by atoms with Gasteiger partial charge in [0.05, 0.1) is 39.6 Å². The van der Waals surface area contributed by atoms with Gasteiger partial charge in [0.2, 0.25) is 0 Å². The molecular weight excluding hydrogens is 573 g/mol. The van der Waals surface area contributed by atoms with Crippen LogP contribution in [-0.4, -0.2) is 19.1 Å². The monoisotopic (exact) mass is 602 g/mol. The first-order valence-electron chi connectivity index (χ1n) is 16.2. The molecular formula is C43H30N4. The van der Waals surface area contributed by atoms with Crippen LogP contribution >= 0.6 is 0 Å². The van der Waals surface area contributed by atoms with E-state index in [1.54, 1.807) is 0 Å². The normalized spacial score (nSPS) is 13.5. The first kappa shape index (κ1) is 26.2. The van der Waals surface area contributed by atoms with Crippen LogP contribution in [-0.2, 0) is 5.41 Å². The molecule has 9 aromatic rings. The van der Waals surface area contributed by atoms with Crippen molar-refractivity contribution in [3.63, 3.8) is 0 Å². The molecule has 222 valence electrons. The summed E-state index contributed by atoms with van der Waals surface area (Å²) in [5, 5.41) is 4.95. The molecule has 0 saturated heterocycles. The van der Waals surface area contributed by atoms with Crippen LogP contribution in [0.3, 0.4) is 0 Å². The highest BCUT2D eigenvalue weighted by atomic mass is 15.0. The first-order chi connectivity index (χ1) is 23.1. The summed E-state index contributed by atoms with van der Waals surface area (Å²) in [4.78, 5) is 9.59. The van der Waals surface area contributed by atoms with E-state index in [-0.39, 0.29) is 5.41 Å². The van der Waals surface area contributed by atoms with Crippen LogP contribution in [0.5, 0.6) is 0 Å². The lowest BCUT2D eigenvalue weighted by Gasteiger charge is -2.21. The average molecular weight is 603 g/mol. The number of benzene rings is 5. The summed E-state index contributed by atoms with van der Waals surface area (Å²) in [6.07, 6.45) is 5.85. The van der Waals surface area contributed by atoms with Crippen molar-refractivity contribution in [3.8, 4) is 33.8 Å². The number of nitrogens with zero attached hydrogens (tertiary/aromatic N) is 4. The Morgan fingerprint density at radius 2 is 1.13 bits per heavy atom. The third-order valence-electron chi connectivity index (χ3n) is 10.2. The molecule has 0 N–H and O–H groups in total. The van der Waals surface area contributed by atoms with Crippen molar-refractivity contribution in [1.82, 2.24) is 19.1 Å².